The van der Waals surface area contributed by atoms with Crippen LogP contribution >= 0.6 is 0 Å². The second kappa shape index (κ2) is 7.34. The lowest BCUT2D eigenvalue weighted by Crippen LogP contribution is -2.39. The van der Waals surface area contributed by atoms with Crippen molar-refractivity contribution < 1.29 is 14.5 Å². The van der Waals surface area contributed by atoms with Crippen molar-refractivity contribution in [2.45, 2.75) is 38.3 Å². The second-order valence-electron chi connectivity index (χ2n) is 6.14. The lowest BCUT2D eigenvalue weighted by Gasteiger charge is -2.27. The third-order valence-corrected chi connectivity index (χ3v) is 4.42. The number of nitrogens with one attached hydrogen (secondary N) is 1. The van der Waals surface area contributed by atoms with E-state index in [0.717, 1.165) is 24.8 Å². The number of hydrogen-bond acceptors (Lipinski definition) is 4. The number of ether oxygens (including phenoxy) is 1. The first-order valence-corrected chi connectivity index (χ1v) is 8.34. The van der Waals surface area contributed by atoms with E-state index in [9.17, 15) is 14.9 Å². The Labute approximate surface area is 146 Å². The summed E-state index contributed by atoms with van der Waals surface area (Å²) in [4.78, 5) is 23.0. The molecule has 6 nitrogen and oxygen atoms in total. The van der Waals surface area contributed by atoms with Gasteiger partial charge in [0.25, 0.3) is 5.91 Å². The van der Waals surface area contributed by atoms with E-state index in [1.54, 1.807) is 19.1 Å². The molecule has 0 bridgehead atoms. The minimum Gasteiger partial charge on any atom is -0.474 e. The second-order valence-corrected chi connectivity index (χ2v) is 6.14. The Kier molecular flexibility index (Phi) is 4.97. The monoisotopic (exact) mass is 340 g/mol. The number of carbonyl (C=O) groups excluding carboxylic acids is 1. The third kappa shape index (κ3) is 3.79. The average molecular weight is 340 g/mol. The molecule has 2 atom stereocenters. The number of carbonyl (C=O) groups is 1. The maximum absolute atomic E-state index is 12.5. The van der Waals surface area contributed by atoms with Crippen LogP contribution in [-0.2, 0) is 11.2 Å². The molecule has 2 aromatic rings. The van der Waals surface area contributed by atoms with E-state index in [-0.39, 0.29) is 23.4 Å². The molecule has 0 spiro atoms. The zero-order chi connectivity index (χ0) is 17.8. The smallest absolute Gasteiger partial charge is 0.310 e. The molecule has 25 heavy (non-hydrogen) atoms. The normalized spacial score (nSPS) is 17.2. The molecule has 0 saturated heterocycles. The number of hydrogen-bond donors (Lipinski definition) is 1. The Balaban J connectivity index is 1.69. The third-order valence-electron chi connectivity index (χ3n) is 4.42. The number of rotatable bonds is 5. The van der Waals surface area contributed by atoms with Crippen molar-refractivity contribution in [2.75, 3.05) is 0 Å². The molecule has 0 fully saturated rings. The van der Waals surface area contributed by atoms with Gasteiger partial charge in [0.05, 0.1) is 11.0 Å². The molecule has 1 aliphatic rings. The van der Waals surface area contributed by atoms with Gasteiger partial charge in [-0.1, -0.05) is 36.4 Å². The molecule has 0 radical (unpaired) electrons. The fourth-order valence-electron chi connectivity index (χ4n) is 3.14. The summed E-state index contributed by atoms with van der Waals surface area (Å²) in [7, 11) is 0. The lowest BCUT2D eigenvalue weighted by atomic mass is 9.87. The maximum Gasteiger partial charge on any atom is 0.310 e. The Morgan fingerprint density at radius 3 is 2.76 bits per heavy atom. The van der Waals surface area contributed by atoms with E-state index in [1.165, 1.54) is 17.7 Å². The highest BCUT2D eigenvalue weighted by molar-refractivity contribution is 5.81. The van der Waals surface area contributed by atoms with Gasteiger partial charge < -0.3 is 10.1 Å². The van der Waals surface area contributed by atoms with Crippen molar-refractivity contribution in [1.29, 1.82) is 0 Å². The van der Waals surface area contributed by atoms with Gasteiger partial charge in [-0.3, -0.25) is 14.9 Å². The van der Waals surface area contributed by atoms with Crippen molar-refractivity contribution in [1.82, 2.24) is 5.32 Å². The molecule has 130 valence electrons. The molecule has 3 rings (SSSR count). The fraction of sp³-hybridized carbons (Fsp3) is 0.316. The molecule has 1 amide bonds. The van der Waals surface area contributed by atoms with Crippen molar-refractivity contribution in [3.05, 3.63) is 69.8 Å². The summed E-state index contributed by atoms with van der Waals surface area (Å²) >= 11 is 0. The molecular weight excluding hydrogens is 320 g/mol. The number of fused-ring (bicyclic) bond motifs is 1. The van der Waals surface area contributed by atoms with Crippen LogP contribution in [0.15, 0.2) is 48.5 Å². The Bertz CT molecular complexity index is 790. The molecule has 1 N–H and O–H groups in total. The van der Waals surface area contributed by atoms with E-state index in [0.29, 0.717) is 0 Å². The number of amides is 1. The van der Waals surface area contributed by atoms with Crippen molar-refractivity contribution >= 4 is 11.6 Å². The molecule has 1 aliphatic carbocycles. The van der Waals surface area contributed by atoms with Gasteiger partial charge >= 0.3 is 5.69 Å². The first-order valence-electron chi connectivity index (χ1n) is 8.34. The Morgan fingerprint density at radius 2 is 1.96 bits per heavy atom. The van der Waals surface area contributed by atoms with Gasteiger partial charge in [0, 0.05) is 6.07 Å². The van der Waals surface area contributed by atoms with Crippen LogP contribution < -0.4 is 10.1 Å². The molecular formula is C19H20N2O4. The Hall–Kier alpha value is -2.89. The Morgan fingerprint density at radius 1 is 1.24 bits per heavy atom. The van der Waals surface area contributed by atoms with Crippen molar-refractivity contribution in [3.63, 3.8) is 0 Å². The summed E-state index contributed by atoms with van der Waals surface area (Å²) in [5.41, 5.74) is 2.25. The molecule has 2 aromatic carbocycles. The van der Waals surface area contributed by atoms with E-state index >= 15 is 0 Å². The lowest BCUT2D eigenvalue weighted by molar-refractivity contribution is -0.386. The van der Waals surface area contributed by atoms with Gasteiger partial charge in [-0.05, 0) is 43.4 Å². The summed E-state index contributed by atoms with van der Waals surface area (Å²) in [5, 5.41) is 14.1. The minimum absolute atomic E-state index is 0.0470. The van der Waals surface area contributed by atoms with Gasteiger partial charge in [-0.15, -0.1) is 0 Å². The fourth-order valence-corrected chi connectivity index (χ4v) is 3.14. The summed E-state index contributed by atoms with van der Waals surface area (Å²) in [6.07, 6.45) is 2.09. The average Bonchev–Trinajstić information content (AvgIpc) is 2.62. The topological polar surface area (TPSA) is 81.5 Å². The molecule has 0 heterocycles. The molecule has 0 aromatic heterocycles. The zero-order valence-electron chi connectivity index (χ0n) is 14.0. The number of para-hydroxylation sites is 2. The van der Waals surface area contributed by atoms with Gasteiger partial charge in [0.1, 0.15) is 0 Å². The SMILES string of the molecule is C[C@@H](Oc1ccccc1[N+](=O)[O-])C(=O)N[C@H]1CCCc2ccccc21. The standard InChI is InChI=1S/C19H20N2O4/c1-13(25-18-12-5-4-11-17(18)21(23)24)19(22)20-16-10-6-8-14-7-2-3-9-15(14)16/h2-5,7,9,11-13,16H,6,8,10H2,1H3,(H,20,22)/t13-,16+/m1/s1. The number of nitro benzene ring substituents is 1. The van der Waals surface area contributed by atoms with E-state index < -0.39 is 11.0 Å². The van der Waals surface area contributed by atoms with Crippen LogP contribution in [0.4, 0.5) is 5.69 Å². The number of nitro groups is 1. The summed E-state index contributed by atoms with van der Waals surface area (Å²) in [6.45, 7) is 1.60. The van der Waals surface area contributed by atoms with E-state index in [4.69, 9.17) is 4.74 Å². The van der Waals surface area contributed by atoms with Gasteiger partial charge in [-0.2, -0.15) is 0 Å². The van der Waals surface area contributed by atoms with Crippen LogP contribution in [0.1, 0.15) is 36.9 Å². The van der Waals surface area contributed by atoms with Crippen LogP contribution in [0.5, 0.6) is 5.75 Å². The largest absolute Gasteiger partial charge is 0.474 e. The van der Waals surface area contributed by atoms with Crippen LogP contribution in [0.25, 0.3) is 0 Å². The summed E-state index contributed by atoms with van der Waals surface area (Å²) in [6, 6.07) is 14.1. The summed E-state index contributed by atoms with van der Waals surface area (Å²) in [5.74, 6) is -0.181. The zero-order valence-corrected chi connectivity index (χ0v) is 14.0. The number of benzene rings is 2. The van der Waals surface area contributed by atoms with Gasteiger partial charge in [0.15, 0.2) is 11.9 Å². The van der Waals surface area contributed by atoms with Crippen LogP contribution in [0.3, 0.4) is 0 Å². The first-order chi connectivity index (χ1) is 12.1. The predicted octanol–water partition coefficient (Wildman–Crippen LogP) is 3.56. The van der Waals surface area contributed by atoms with Crippen LogP contribution in [-0.4, -0.2) is 16.9 Å². The van der Waals surface area contributed by atoms with E-state index in [1.807, 2.05) is 18.2 Å². The van der Waals surface area contributed by atoms with Crippen LogP contribution in [0, 0.1) is 10.1 Å². The number of aryl methyl sites for hydroxylation is 1. The first kappa shape index (κ1) is 17.0. The highest BCUT2D eigenvalue weighted by Crippen LogP contribution is 2.30. The molecule has 6 heteroatoms. The quantitative estimate of drug-likeness (QED) is 0.666. The molecule has 0 aliphatic heterocycles. The van der Waals surface area contributed by atoms with E-state index in [2.05, 4.69) is 11.4 Å². The predicted molar refractivity (Wildman–Crippen MR) is 93.5 cm³/mol. The molecule has 0 saturated carbocycles. The highest BCUT2D eigenvalue weighted by Gasteiger charge is 2.25. The maximum atomic E-state index is 12.5. The van der Waals surface area contributed by atoms with Gasteiger partial charge in [0.2, 0.25) is 0 Å². The summed E-state index contributed by atoms with van der Waals surface area (Å²) < 4.78 is 5.54. The molecule has 0 unspecified atom stereocenters. The van der Waals surface area contributed by atoms with Crippen molar-refractivity contribution in [2.24, 2.45) is 0 Å². The number of nitrogens with zero attached hydrogens (tertiary/aromatic N) is 1. The van der Waals surface area contributed by atoms with Gasteiger partial charge in [-0.25, -0.2) is 0 Å². The van der Waals surface area contributed by atoms with Crippen molar-refractivity contribution in [3.8, 4) is 5.75 Å². The van der Waals surface area contributed by atoms with Crippen LogP contribution in [0.2, 0.25) is 0 Å². The highest BCUT2D eigenvalue weighted by atomic mass is 16.6. The minimum atomic E-state index is -0.824.